The molecular weight excluding hydrogens is 502 g/mol. The third-order valence-corrected chi connectivity index (χ3v) is 7.93. The summed E-state index contributed by atoms with van der Waals surface area (Å²) in [6.45, 7) is 4.91. The average molecular weight is 540 g/mol. The van der Waals surface area contributed by atoms with Crippen molar-refractivity contribution in [2.75, 3.05) is 31.8 Å². The van der Waals surface area contributed by atoms with Crippen LogP contribution in [0.3, 0.4) is 0 Å². The van der Waals surface area contributed by atoms with Gasteiger partial charge >= 0.3 is 0 Å². The minimum atomic E-state index is -0.250. The van der Waals surface area contributed by atoms with Gasteiger partial charge in [-0.05, 0) is 77.6 Å². The van der Waals surface area contributed by atoms with Crippen molar-refractivity contribution in [3.8, 4) is 0 Å². The number of thioether (sulfide) groups is 1. The van der Waals surface area contributed by atoms with Gasteiger partial charge in [0.1, 0.15) is 5.03 Å². The van der Waals surface area contributed by atoms with E-state index in [0.717, 1.165) is 35.7 Å². The third-order valence-electron chi connectivity index (χ3n) is 6.80. The number of aryl methyl sites for hydroxylation is 1. The first kappa shape index (κ1) is 29.8. The minimum Gasteiger partial charge on any atom is -0.483 e. The van der Waals surface area contributed by atoms with Crippen LogP contribution >= 0.6 is 23.4 Å². The van der Waals surface area contributed by atoms with E-state index in [4.69, 9.17) is 21.5 Å². The molecule has 11 heteroatoms. The zero-order valence-electron chi connectivity index (χ0n) is 21.9. The Morgan fingerprint density at radius 1 is 1.28 bits per heavy atom. The maximum Gasteiger partial charge on any atom is 0.290 e. The Balaban J connectivity index is 0.00000145. The quantitative estimate of drug-likeness (QED) is 0.346. The van der Waals surface area contributed by atoms with Gasteiger partial charge in [0.25, 0.3) is 17.9 Å². The van der Waals surface area contributed by atoms with Crippen molar-refractivity contribution in [3.63, 3.8) is 0 Å². The van der Waals surface area contributed by atoms with E-state index in [1.165, 1.54) is 24.6 Å². The van der Waals surface area contributed by atoms with Crippen molar-refractivity contribution in [1.82, 2.24) is 20.0 Å². The molecule has 0 unspecified atom stereocenters. The lowest BCUT2D eigenvalue weighted by molar-refractivity contribution is -0.122. The van der Waals surface area contributed by atoms with E-state index in [1.807, 2.05) is 19.2 Å². The van der Waals surface area contributed by atoms with E-state index in [-0.39, 0.29) is 24.5 Å². The summed E-state index contributed by atoms with van der Waals surface area (Å²) >= 11 is 7.96. The SMILES string of the molecule is CCN(c1cc(Cl)cc(C(=O)NCc2c(SC)n(C)[nH]c2=O)c1C)C1CCC(N(C)C)CC1.O=CO. The molecular formula is C25H38ClN5O4S. The summed E-state index contributed by atoms with van der Waals surface area (Å²) < 4.78 is 1.68. The number of nitrogens with one attached hydrogen (secondary N) is 2. The highest BCUT2D eigenvalue weighted by Crippen LogP contribution is 2.34. The average Bonchev–Trinajstić information content (AvgIpc) is 3.12. The second-order valence-electron chi connectivity index (χ2n) is 9.09. The van der Waals surface area contributed by atoms with Gasteiger partial charge in [0.15, 0.2) is 0 Å². The molecule has 1 aromatic heterocycles. The van der Waals surface area contributed by atoms with Crippen molar-refractivity contribution in [2.45, 2.75) is 63.2 Å². The summed E-state index contributed by atoms with van der Waals surface area (Å²) in [5.74, 6) is -0.223. The number of aromatic amines is 1. The summed E-state index contributed by atoms with van der Waals surface area (Å²) in [7, 11) is 6.09. The number of anilines is 1. The van der Waals surface area contributed by atoms with E-state index >= 15 is 0 Å². The van der Waals surface area contributed by atoms with Crippen molar-refractivity contribution in [1.29, 1.82) is 0 Å². The predicted molar refractivity (Wildman–Crippen MR) is 147 cm³/mol. The largest absolute Gasteiger partial charge is 0.483 e. The number of amides is 1. The maximum absolute atomic E-state index is 13.1. The Bertz CT molecular complexity index is 1090. The number of hydrogen-bond donors (Lipinski definition) is 3. The van der Waals surface area contributed by atoms with Gasteiger partial charge in [0.05, 0.1) is 12.1 Å². The maximum atomic E-state index is 13.1. The van der Waals surface area contributed by atoms with Crippen LogP contribution < -0.4 is 15.8 Å². The van der Waals surface area contributed by atoms with E-state index in [9.17, 15) is 9.59 Å². The Labute approximate surface area is 222 Å². The molecule has 3 rings (SSSR count). The second kappa shape index (κ2) is 13.8. The highest BCUT2D eigenvalue weighted by molar-refractivity contribution is 7.98. The Morgan fingerprint density at radius 3 is 2.39 bits per heavy atom. The van der Waals surface area contributed by atoms with Gasteiger partial charge in [-0.15, -0.1) is 11.8 Å². The van der Waals surface area contributed by atoms with Crippen molar-refractivity contribution in [2.24, 2.45) is 7.05 Å². The first-order valence-electron chi connectivity index (χ1n) is 12.0. The number of hydrogen-bond acceptors (Lipinski definition) is 6. The van der Waals surface area contributed by atoms with Gasteiger partial charge in [-0.1, -0.05) is 11.6 Å². The van der Waals surface area contributed by atoms with Crippen LogP contribution in [-0.2, 0) is 18.4 Å². The number of H-pyrrole nitrogens is 1. The number of carbonyl (C=O) groups is 2. The number of aromatic nitrogens is 2. The van der Waals surface area contributed by atoms with Gasteiger partial charge < -0.3 is 20.2 Å². The summed E-state index contributed by atoms with van der Waals surface area (Å²) in [6, 6.07) is 4.76. The second-order valence-corrected chi connectivity index (χ2v) is 10.3. The normalized spacial score (nSPS) is 17.3. The third kappa shape index (κ3) is 7.08. The van der Waals surface area contributed by atoms with Crippen LogP contribution in [0.5, 0.6) is 0 Å². The molecule has 1 amide bonds. The van der Waals surface area contributed by atoms with Crippen molar-refractivity contribution >= 4 is 41.4 Å². The van der Waals surface area contributed by atoms with Crippen LogP contribution in [0.1, 0.15) is 54.1 Å². The molecule has 0 saturated heterocycles. The van der Waals surface area contributed by atoms with Crippen LogP contribution in [0.2, 0.25) is 5.02 Å². The smallest absolute Gasteiger partial charge is 0.290 e. The fourth-order valence-corrected chi connectivity index (χ4v) is 5.90. The number of rotatable bonds is 8. The highest BCUT2D eigenvalue weighted by Gasteiger charge is 2.28. The predicted octanol–water partition coefficient (Wildman–Crippen LogP) is 3.73. The molecule has 1 aliphatic carbocycles. The van der Waals surface area contributed by atoms with Crippen molar-refractivity contribution in [3.05, 3.63) is 44.2 Å². The Kier molecular flexibility index (Phi) is 11.4. The Morgan fingerprint density at radius 2 is 1.86 bits per heavy atom. The number of carboxylic acid groups (broad SMARTS) is 1. The molecule has 0 atom stereocenters. The zero-order chi connectivity index (χ0) is 27.0. The minimum absolute atomic E-state index is 0.165. The summed E-state index contributed by atoms with van der Waals surface area (Å²) in [5.41, 5.74) is 2.87. The molecule has 0 radical (unpaired) electrons. The Hall–Kier alpha value is -2.43. The van der Waals surface area contributed by atoms with Gasteiger partial charge in [0, 0.05) is 41.9 Å². The number of halogens is 1. The fraction of sp³-hybridized carbons (Fsp3) is 0.560. The molecule has 9 nitrogen and oxygen atoms in total. The zero-order valence-corrected chi connectivity index (χ0v) is 23.5. The van der Waals surface area contributed by atoms with Crippen LogP contribution in [0, 0.1) is 6.92 Å². The molecule has 1 aromatic carbocycles. The molecule has 0 aliphatic heterocycles. The van der Waals surface area contributed by atoms with Crippen LogP contribution in [0.15, 0.2) is 22.0 Å². The van der Waals surface area contributed by atoms with E-state index < -0.39 is 0 Å². The first-order valence-corrected chi connectivity index (χ1v) is 13.6. The van der Waals surface area contributed by atoms with Gasteiger partial charge in [0.2, 0.25) is 0 Å². The number of benzene rings is 1. The molecule has 200 valence electrons. The van der Waals surface area contributed by atoms with Gasteiger partial charge in [-0.3, -0.25) is 24.2 Å². The standard InChI is InChI=1S/C24H36ClN5O2S.CH2O2/c1-7-30(18-10-8-17(9-11-18)28(3)4)21-13-16(25)12-19(15(21)2)22(31)26-14-20-23(32)27-29(5)24(20)33-6;2-1-3/h12-13,17-18H,7-11,14H2,1-6H3,(H,26,31)(H,27,32);1H,(H,2,3). The lowest BCUT2D eigenvalue weighted by Crippen LogP contribution is -2.42. The van der Waals surface area contributed by atoms with E-state index in [1.54, 1.807) is 17.8 Å². The molecule has 0 bridgehead atoms. The van der Waals surface area contributed by atoms with E-state index in [2.05, 4.69) is 41.2 Å². The fourth-order valence-electron chi connectivity index (χ4n) is 4.96. The number of carbonyl (C=O) groups excluding carboxylic acids is 1. The molecule has 1 saturated carbocycles. The molecule has 36 heavy (non-hydrogen) atoms. The molecule has 1 heterocycles. The molecule has 2 aromatic rings. The first-order chi connectivity index (χ1) is 17.1. The van der Waals surface area contributed by atoms with Crippen molar-refractivity contribution < 1.29 is 14.7 Å². The monoisotopic (exact) mass is 539 g/mol. The lowest BCUT2D eigenvalue weighted by atomic mass is 9.89. The van der Waals surface area contributed by atoms with Crippen LogP contribution in [0.25, 0.3) is 0 Å². The lowest BCUT2D eigenvalue weighted by Gasteiger charge is -2.40. The summed E-state index contributed by atoms with van der Waals surface area (Å²) in [4.78, 5) is 38.5. The van der Waals surface area contributed by atoms with Crippen LogP contribution in [0.4, 0.5) is 5.69 Å². The molecule has 3 N–H and O–H groups in total. The topological polar surface area (TPSA) is 111 Å². The van der Waals surface area contributed by atoms with Gasteiger partial charge in [-0.25, -0.2) is 0 Å². The van der Waals surface area contributed by atoms with E-state index in [0.29, 0.717) is 28.2 Å². The summed E-state index contributed by atoms with van der Waals surface area (Å²) in [6.07, 6.45) is 6.50. The van der Waals surface area contributed by atoms with Crippen LogP contribution in [-0.4, -0.2) is 71.1 Å². The van der Waals surface area contributed by atoms with Gasteiger partial charge in [-0.2, -0.15) is 0 Å². The molecule has 0 spiro atoms. The number of nitrogens with zero attached hydrogens (tertiary/aromatic N) is 3. The molecule has 1 aliphatic rings. The molecule has 1 fully saturated rings. The summed E-state index contributed by atoms with van der Waals surface area (Å²) in [5, 5.41) is 13.9. The highest BCUT2D eigenvalue weighted by atomic mass is 35.5.